The second-order valence-electron chi connectivity index (χ2n) is 8.08. The van der Waals surface area contributed by atoms with Gasteiger partial charge in [-0.2, -0.15) is 0 Å². The number of hydrogen-bond acceptors (Lipinski definition) is 5. The Kier molecular flexibility index (Phi) is 5.00. The number of nitrogens with one attached hydrogen (secondary N) is 2. The molecule has 0 radical (unpaired) electrons. The number of fused-ring (bicyclic) bond motifs is 2. The van der Waals surface area contributed by atoms with Crippen LogP contribution in [0.5, 0.6) is 11.5 Å². The summed E-state index contributed by atoms with van der Waals surface area (Å²) >= 11 is 0. The molecule has 1 amide bonds. The molecule has 8 heteroatoms. The molecule has 0 saturated carbocycles. The third-order valence-electron chi connectivity index (χ3n) is 6.18. The second kappa shape index (κ2) is 7.68. The van der Waals surface area contributed by atoms with Crippen molar-refractivity contribution in [2.24, 2.45) is 0 Å². The number of amides is 1. The first-order chi connectivity index (χ1) is 14.5. The summed E-state index contributed by atoms with van der Waals surface area (Å²) in [4.78, 5) is 14.8. The molecule has 3 aliphatic heterocycles. The van der Waals surface area contributed by atoms with E-state index in [1.54, 1.807) is 30.3 Å². The van der Waals surface area contributed by atoms with Gasteiger partial charge in [-0.05, 0) is 56.3 Å². The maximum atomic E-state index is 12.9. The summed E-state index contributed by atoms with van der Waals surface area (Å²) in [6, 6.07) is 10.4. The molecule has 3 heterocycles. The summed E-state index contributed by atoms with van der Waals surface area (Å²) in [5, 5.41) is 2.90. The number of hydrogen-bond donors (Lipinski definition) is 2. The van der Waals surface area contributed by atoms with Crippen molar-refractivity contribution >= 4 is 15.9 Å². The summed E-state index contributed by atoms with van der Waals surface area (Å²) < 4.78 is 34.5. The molecular weight excluding hydrogens is 402 g/mol. The van der Waals surface area contributed by atoms with Crippen LogP contribution in [0, 0.1) is 0 Å². The van der Waals surface area contributed by atoms with Crippen molar-refractivity contribution in [1.29, 1.82) is 0 Å². The quantitative estimate of drug-likeness (QED) is 0.765. The highest BCUT2D eigenvalue weighted by atomic mass is 32.2. The van der Waals surface area contributed by atoms with Crippen LogP contribution in [0.2, 0.25) is 0 Å². The van der Waals surface area contributed by atoms with E-state index in [0.29, 0.717) is 30.2 Å². The number of sulfonamides is 1. The molecule has 1 unspecified atom stereocenters. The third-order valence-corrected chi connectivity index (χ3v) is 7.64. The molecule has 2 aromatic carbocycles. The van der Waals surface area contributed by atoms with Crippen LogP contribution in [0.15, 0.2) is 41.3 Å². The van der Waals surface area contributed by atoms with Crippen molar-refractivity contribution in [2.75, 3.05) is 32.7 Å². The van der Waals surface area contributed by atoms with Crippen LogP contribution < -0.4 is 14.8 Å². The molecule has 158 valence electrons. The fourth-order valence-electron chi connectivity index (χ4n) is 4.63. The lowest BCUT2D eigenvalue weighted by Gasteiger charge is -2.33. The lowest BCUT2D eigenvalue weighted by molar-refractivity contribution is 0.0940. The Bertz CT molecular complexity index is 1090. The van der Waals surface area contributed by atoms with Gasteiger partial charge in [0.25, 0.3) is 5.91 Å². The van der Waals surface area contributed by atoms with Gasteiger partial charge in [0.15, 0.2) is 0 Å². The SMILES string of the molecule is O=C1NCC2c3cc(S(=O)(=O)NCCN4CCCCC4)ccc3Oc3cccc1c32. The smallest absolute Gasteiger partial charge is 0.251 e. The number of rotatable bonds is 5. The third kappa shape index (κ3) is 3.49. The van der Waals surface area contributed by atoms with E-state index in [1.807, 2.05) is 6.07 Å². The fourth-order valence-corrected chi connectivity index (χ4v) is 5.69. The van der Waals surface area contributed by atoms with Crippen molar-refractivity contribution in [2.45, 2.75) is 30.1 Å². The van der Waals surface area contributed by atoms with Gasteiger partial charge in [-0.1, -0.05) is 12.5 Å². The first-order valence-electron chi connectivity index (χ1n) is 10.5. The standard InChI is InChI=1S/C22H25N3O4S/c26-22-16-5-4-6-20-21(16)18(14-23-22)17-13-15(7-8-19(17)29-20)30(27,28)24-9-12-25-10-2-1-3-11-25/h4-8,13,18,24H,1-3,9-12,14H2,(H,23,26). The number of carbonyl (C=O) groups is 1. The van der Waals surface area contributed by atoms with Crippen LogP contribution in [0.4, 0.5) is 0 Å². The van der Waals surface area contributed by atoms with Crippen molar-refractivity contribution in [3.8, 4) is 11.5 Å². The molecule has 2 aromatic rings. The molecule has 0 bridgehead atoms. The minimum Gasteiger partial charge on any atom is -0.457 e. The Balaban J connectivity index is 1.38. The molecule has 5 rings (SSSR count). The molecule has 30 heavy (non-hydrogen) atoms. The molecular formula is C22H25N3O4S. The van der Waals surface area contributed by atoms with Crippen molar-refractivity contribution in [1.82, 2.24) is 14.9 Å². The van der Waals surface area contributed by atoms with Crippen molar-refractivity contribution < 1.29 is 17.9 Å². The molecule has 2 N–H and O–H groups in total. The lowest BCUT2D eigenvalue weighted by atomic mass is 9.82. The molecule has 0 aliphatic carbocycles. The largest absolute Gasteiger partial charge is 0.457 e. The van der Waals surface area contributed by atoms with E-state index in [-0.39, 0.29) is 16.7 Å². The van der Waals surface area contributed by atoms with Crippen molar-refractivity contribution in [3.05, 3.63) is 53.1 Å². The number of likely N-dealkylation sites (tertiary alicyclic amines) is 1. The minimum absolute atomic E-state index is 0.124. The Morgan fingerprint density at radius 1 is 1.10 bits per heavy atom. The molecule has 3 aliphatic rings. The molecule has 0 spiro atoms. The number of benzene rings is 2. The number of piperidine rings is 1. The van der Waals surface area contributed by atoms with E-state index in [2.05, 4.69) is 14.9 Å². The van der Waals surface area contributed by atoms with Crippen LogP contribution in [0.3, 0.4) is 0 Å². The molecule has 1 fully saturated rings. The maximum absolute atomic E-state index is 12.9. The zero-order valence-corrected chi connectivity index (χ0v) is 17.5. The van der Waals surface area contributed by atoms with Gasteiger partial charge in [0, 0.05) is 42.2 Å². The lowest BCUT2D eigenvalue weighted by Crippen LogP contribution is -2.38. The predicted molar refractivity (Wildman–Crippen MR) is 113 cm³/mol. The van der Waals surface area contributed by atoms with Gasteiger partial charge in [0.2, 0.25) is 10.0 Å². The van der Waals surface area contributed by atoms with Crippen LogP contribution in [-0.2, 0) is 10.0 Å². The number of ether oxygens (including phenoxy) is 1. The molecule has 7 nitrogen and oxygen atoms in total. The van der Waals surface area contributed by atoms with Gasteiger partial charge in [-0.15, -0.1) is 0 Å². The second-order valence-corrected chi connectivity index (χ2v) is 9.85. The van der Waals surface area contributed by atoms with Gasteiger partial charge in [-0.25, -0.2) is 13.1 Å². The van der Waals surface area contributed by atoms with E-state index in [0.717, 1.165) is 30.8 Å². The summed E-state index contributed by atoms with van der Waals surface area (Å²) in [6.07, 6.45) is 3.61. The summed E-state index contributed by atoms with van der Waals surface area (Å²) in [6.45, 7) is 3.60. The Morgan fingerprint density at radius 2 is 1.93 bits per heavy atom. The van der Waals surface area contributed by atoms with Gasteiger partial charge >= 0.3 is 0 Å². The van der Waals surface area contributed by atoms with Crippen LogP contribution in [0.1, 0.15) is 46.7 Å². The maximum Gasteiger partial charge on any atom is 0.251 e. The van der Waals surface area contributed by atoms with Crippen LogP contribution >= 0.6 is 0 Å². The van der Waals surface area contributed by atoms with Gasteiger partial charge in [0.05, 0.1) is 4.90 Å². The summed E-state index contributed by atoms with van der Waals surface area (Å²) in [5.74, 6) is 1.04. The van der Waals surface area contributed by atoms with Crippen LogP contribution in [0.25, 0.3) is 0 Å². The highest BCUT2D eigenvalue weighted by molar-refractivity contribution is 7.89. The Labute approximate surface area is 176 Å². The van der Waals surface area contributed by atoms with Crippen molar-refractivity contribution in [3.63, 3.8) is 0 Å². The van der Waals surface area contributed by atoms with E-state index in [9.17, 15) is 13.2 Å². The highest BCUT2D eigenvalue weighted by Crippen LogP contribution is 2.47. The number of carbonyl (C=O) groups excluding carboxylic acids is 1. The zero-order valence-electron chi connectivity index (χ0n) is 16.7. The fraction of sp³-hybridized carbons (Fsp3) is 0.409. The Morgan fingerprint density at radius 3 is 2.77 bits per heavy atom. The zero-order chi connectivity index (χ0) is 20.7. The van der Waals surface area contributed by atoms with Crippen LogP contribution in [-0.4, -0.2) is 51.9 Å². The van der Waals surface area contributed by atoms with Gasteiger partial charge in [0.1, 0.15) is 11.5 Å². The predicted octanol–water partition coefficient (Wildman–Crippen LogP) is 2.43. The monoisotopic (exact) mass is 427 g/mol. The van der Waals surface area contributed by atoms with E-state index >= 15 is 0 Å². The van der Waals surface area contributed by atoms with E-state index < -0.39 is 10.0 Å². The minimum atomic E-state index is -3.63. The van der Waals surface area contributed by atoms with Gasteiger partial charge in [-0.3, -0.25) is 4.79 Å². The average molecular weight is 428 g/mol. The summed E-state index contributed by atoms with van der Waals surface area (Å²) in [7, 11) is -3.63. The average Bonchev–Trinajstić information content (AvgIpc) is 2.76. The Hall–Kier alpha value is -2.42. The molecule has 1 saturated heterocycles. The normalized spacial score (nSPS) is 20.7. The van der Waals surface area contributed by atoms with E-state index in [4.69, 9.17) is 4.74 Å². The number of nitrogens with zero attached hydrogens (tertiary/aromatic N) is 1. The van der Waals surface area contributed by atoms with E-state index in [1.165, 1.54) is 19.3 Å². The first kappa shape index (κ1) is 19.5. The topological polar surface area (TPSA) is 87.7 Å². The highest BCUT2D eigenvalue weighted by Gasteiger charge is 2.35. The summed E-state index contributed by atoms with van der Waals surface area (Å²) in [5.41, 5.74) is 2.21. The first-order valence-corrected chi connectivity index (χ1v) is 12.0. The van der Waals surface area contributed by atoms with Gasteiger partial charge < -0.3 is 15.0 Å². The molecule has 1 atom stereocenters. The molecule has 0 aromatic heterocycles.